The van der Waals surface area contributed by atoms with Crippen LogP contribution in [0.5, 0.6) is 0 Å². The smallest absolute Gasteiger partial charge is 0.314 e. The minimum absolute atomic E-state index is 0.00680. The average Bonchev–Trinajstić information content (AvgIpc) is 2.28. The summed E-state index contributed by atoms with van der Waals surface area (Å²) >= 11 is 0. The third kappa shape index (κ3) is 5.65. The van der Waals surface area contributed by atoms with E-state index in [-0.39, 0.29) is 6.03 Å². The van der Waals surface area contributed by atoms with E-state index in [0.29, 0.717) is 0 Å². The first-order valence-electron chi connectivity index (χ1n) is 6.34. The Labute approximate surface area is 93.0 Å². The maximum Gasteiger partial charge on any atom is 0.314 e. The molecule has 0 atom stereocenters. The van der Waals surface area contributed by atoms with Gasteiger partial charge in [0.1, 0.15) is 0 Å². The molecule has 0 unspecified atom stereocenters. The molecule has 0 spiro atoms. The third-order valence-corrected chi connectivity index (χ3v) is 3.10. The van der Waals surface area contributed by atoms with E-state index in [1.54, 1.807) is 0 Å². The Bertz CT molecular complexity index is 176. The molecule has 0 aromatic carbocycles. The molecule has 2 N–H and O–H groups in total. The van der Waals surface area contributed by atoms with E-state index in [2.05, 4.69) is 17.6 Å². The molecule has 1 rings (SSSR count). The maximum atomic E-state index is 11.2. The molecule has 3 nitrogen and oxygen atoms in total. The Morgan fingerprint density at radius 1 is 1.13 bits per heavy atom. The molecule has 1 aliphatic carbocycles. The normalized spacial score (nSPS) is 17.4. The van der Waals surface area contributed by atoms with E-state index < -0.39 is 0 Å². The summed E-state index contributed by atoms with van der Waals surface area (Å²) in [6.45, 7) is 3.66. The molecule has 88 valence electrons. The monoisotopic (exact) mass is 212 g/mol. The van der Waals surface area contributed by atoms with Gasteiger partial charge in [-0.25, -0.2) is 4.79 Å². The lowest BCUT2D eigenvalue weighted by Crippen LogP contribution is -2.36. The highest BCUT2D eigenvalue weighted by molar-refractivity contribution is 5.73. The van der Waals surface area contributed by atoms with Crippen molar-refractivity contribution in [2.24, 2.45) is 5.92 Å². The molecule has 3 heteroatoms. The Morgan fingerprint density at radius 3 is 2.47 bits per heavy atom. The summed E-state index contributed by atoms with van der Waals surface area (Å²) in [6.07, 6.45) is 9.03. The summed E-state index contributed by atoms with van der Waals surface area (Å²) in [5, 5.41) is 5.73. The second-order valence-electron chi connectivity index (χ2n) is 4.48. The van der Waals surface area contributed by atoms with Gasteiger partial charge in [-0.2, -0.15) is 0 Å². The highest BCUT2D eigenvalue weighted by Crippen LogP contribution is 2.25. The molecule has 1 fully saturated rings. The van der Waals surface area contributed by atoms with E-state index >= 15 is 0 Å². The zero-order chi connectivity index (χ0) is 10.9. The van der Waals surface area contributed by atoms with Crippen molar-refractivity contribution in [3.8, 4) is 0 Å². The average molecular weight is 212 g/mol. The first-order chi connectivity index (χ1) is 7.33. The highest BCUT2D eigenvalue weighted by Gasteiger charge is 2.12. The molecule has 0 radical (unpaired) electrons. The SMILES string of the molecule is CCCNC(=O)NCCC1CCCCC1. The van der Waals surface area contributed by atoms with Crippen molar-refractivity contribution in [2.75, 3.05) is 13.1 Å². The molecule has 0 saturated heterocycles. The second-order valence-corrected chi connectivity index (χ2v) is 4.48. The molecule has 15 heavy (non-hydrogen) atoms. The van der Waals surface area contributed by atoms with Crippen molar-refractivity contribution in [2.45, 2.75) is 51.9 Å². The lowest BCUT2D eigenvalue weighted by Gasteiger charge is -2.21. The van der Waals surface area contributed by atoms with Crippen molar-refractivity contribution < 1.29 is 4.79 Å². The summed E-state index contributed by atoms with van der Waals surface area (Å²) < 4.78 is 0. The first-order valence-corrected chi connectivity index (χ1v) is 6.34. The number of rotatable bonds is 5. The molecule has 0 heterocycles. The summed E-state index contributed by atoms with van der Waals surface area (Å²) in [7, 11) is 0. The number of urea groups is 1. The van der Waals surface area contributed by atoms with Gasteiger partial charge >= 0.3 is 6.03 Å². The van der Waals surface area contributed by atoms with E-state index in [1.807, 2.05) is 0 Å². The van der Waals surface area contributed by atoms with E-state index in [4.69, 9.17) is 0 Å². The summed E-state index contributed by atoms with van der Waals surface area (Å²) in [5.74, 6) is 0.852. The maximum absolute atomic E-state index is 11.2. The number of carbonyl (C=O) groups excluding carboxylic acids is 1. The predicted molar refractivity (Wildman–Crippen MR) is 62.9 cm³/mol. The van der Waals surface area contributed by atoms with Crippen molar-refractivity contribution in [3.05, 3.63) is 0 Å². The molecule has 0 aromatic rings. The fraction of sp³-hybridized carbons (Fsp3) is 0.917. The zero-order valence-corrected chi connectivity index (χ0v) is 9.85. The summed E-state index contributed by atoms with van der Waals surface area (Å²) in [5.41, 5.74) is 0. The van der Waals surface area contributed by atoms with Gasteiger partial charge in [0.05, 0.1) is 0 Å². The first kappa shape index (κ1) is 12.3. The van der Waals surface area contributed by atoms with E-state index in [9.17, 15) is 4.79 Å². The van der Waals surface area contributed by atoms with E-state index in [1.165, 1.54) is 32.1 Å². The molecule has 0 aliphatic heterocycles. The van der Waals surface area contributed by atoms with E-state index in [0.717, 1.165) is 31.8 Å². The molecule has 1 aliphatic rings. The van der Waals surface area contributed by atoms with Crippen LogP contribution in [0.15, 0.2) is 0 Å². The van der Waals surface area contributed by atoms with Gasteiger partial charge in [-0.3, -0.25) is 0 Å². The largest absolute Gasteiger partial charge is 0.338 e. The van der Waals surface area contributed by atoms with Crippen LogP contribution in [0.4, 0.5) is 4.79 Å². The number of carbonyl (C=O) groups is 1. The lowest BCUT2D eigenvalue weighted by molar-refractivity contribution is 0.239. The van der Waals surface area contributed by atoms with Gasteiger partial charge in [-0.05, 0) is 18.8 Å². The number of amides is 2. The van der Waals surface area contributed by atoms with Crippen molar-refractivity contribution >= 4 is 6.03 Å². The number of hydrogen-bond donors (Lipinski definition) is 2. The van der Waals surface area contributed by atoms with Gasteiger partial charge in [-0.1, -0.05) is 39.0 Å². The predicted octanol–water partition coefficient (Wildman–Crippen LogP) is 2.67. The van der Waals surface area contributed by atoms with Gasteiger partial charge in [0.2, 0.25) is 0 Å². The van der Waals surface area contributed by atoms with Gasteiger partial charge in [0.15, 0.2) is 0 Å². The van der Waals surface area contributed by atoms with Crippen molar-refractivity contribution in [3.63, 3.8) is 0 Å². The lowest BCUT2D eigenvalue weighted by atomic mass is 9.87. The fourth-order valence-corrected chi connectivity index (χ4v) is 2.17. The van der Waals surface area contributed by atoms with Crippen LogP contribution < -0.4 is 10.6 Å². The van der Waals surface area contributed by atoms with Gasteiger partial charge in [0.25, 0.3) is 0 Å². The second kappa shape index (κ2) is 7.55. The van der Waals surface area contributed by atoms with Gasteiger partial charge in [-0.15, -0.1) is 0 Å². The third-order valence-electron chi connectivity index (χ3n) is 3.10. The Morgan fingerprint density at radius 2 is 1.80 bits per heavy atom. The molecular formula is C12H24N2O. The van der Waals surface area contributed by atoms with Crippen LogP contribution in [0.25, 0.3) is 0 Å². The molecule has 1 saturated carbocycles. The van der Waals surface area contributed by atoms with Crippen molar-refractivity contribution in [1.82, 2.24) is 10.6 Å². The highest BCUT2D eigenvalue weighted by atomic mass is 16.2. The quantitative estimate of drug-likeness (QED) is 0.722. The van der Waals surface area contributed by atoms with Gasteiger partial charge < -0.3 is 10.6 Å². The fourth-order valence-electron chi connectivity index (χ4n) is 2.17. The van der Waals surface area contributed by atoms with Gasteiger partial charge in [0, 0.05) is 13.1 Å². The van der Waals surface area contributed by atoms with Crippen LogP contribution in [0.3, 0.4) is 0 Å². The Balaban J connectivity index is 1.97. The Hall–Kier alpha value is -0.730. The van der Waals surface area contributed by atoms with Crippen LogP contribution >= 0.6 is 0 Å². The topological polar surface area (TPSA) is 41.1 Å². The van der Waals surface area contributed by atoms with Crippen LogP contribution in [-0.2, 0) is 0 Å². The number of nitrogens with one attached hydrogen (secondary N) is 2. The molecule has 0 aromatic heterocycles. The summed E-state index contributed by atoms with van der Waals surface area (Å²) in [6, 6.07) is -0.00680. The summed E-state index contributed by atoms with van der Waals surface area (Å²) in [4.78, 5) is 11.2. The van der Waals surface area contributed by atoms with Crippen molar-refractivity contribution in [1.29, 1.82) is 0 Å². The number of hydrogen-bond acceptors (Lipinski definition) is 1. The molecular weight excluding hydrogens is 188 g/mol. The minimum Gasteiger partial charge on any atom is -0.338 e. The van der Waals surface area contributed by atoms with Crippen LogP contribution in [0, 0.1) is 5.92 Å². The van der Waals surface area contributed by atoms with Crippen LogP contribution in [0.2, 0.25) is 0 Å². The minimum atomic E-state index is -0.00680. The standard InChI is InChI=1S/C12H24N2O/c1-2-9-13-12(15)14-10-8-11-6-4-3-5-7-11/h11H,2-10H2,1H3,(H2,13,14,15). The van der Waals surface area contributed by atoms with Crippen LogP contribution in [0.1, 0.15) is 51.9 Å². The van der Waals surface area contributed by atoms with Crippen LogP contribution in [-0.4, -0.2) is 19.1 Å². The molecule has 0 bridgehead atoms. The Kier molecular flexibility index (Phi) is 6.21. The molecule has 2 amide bonds. The zero-order valence-electron chi connectivity index (χ0n) is 9.85.